The van der Waals surface area contributed by atoms with Crippen LogP contribution in [0.2, 0.25) is 0 Å². The van der Waals surface area contributed by atoms with Crippen LogP contribution >= 0.6 is 0 Å². The highest BCUT2D eigenvalue weighted by atomic mass is 16.5. The van der Waals surface area contributed by atoms with E-state index in [-0.39, 0.29) is 25.5 Å². The lowest BCUT2D eigenvalue weighted by Crippen LogP contribution is -2.42. The Bertz CT molecular complexity index is 714. The van der Waals surface area contributed by atoms with Crippen LogP contribution in [0.1, 0.15) is 41.2 Å². The number of esters is 1. The predicted molar refractivity (Wildman–Crippen MR) is 88.7 cm³/mol. The standard InChI is InChI=1S/C17H23N3O4/c1-4-24-16(23)15-11(2)19-20-14(15)9-18-17(3,10-21)12-6-5-7-13(22)8-12/h5-8,18,21-22H,4,9-10H2,1-3H3,(H,19,20). The second-order valence-corrected chi connectivity index (χ2v) is 5.78. The number of aliphatic hydroxyl groups is 1. The Balaban J connectivity index is 2.21. The third-order valence-electron chi connectivity index (χ3n) is 3.95. The fourth-order valence-electron chi connectivity index (χ4n) is 2.46. The van der Waals surface area contributed by atoms with Gasteiger partial charge < -0.3 is 14.9 Å². The van der Waals surface area contributed by atoms with Gasteiger partial charge in [-0.05, 0) is 38.5 Å². The molecule has 1 atom stereocenters. The minimum absolute atomic E-state index is 0.122. The van der Waals surface area contributed by atoms with Gasteiger partial charge in [0.15, 0.2) is 0 Å². The van der Waals surface area contributed by atoms with Gasteiger partial charge in [-0.15, -0.1) is 0 Å². The van der Waals surface area contributed by atoms with Gasteiger partial charge in [0.25, 0.3) is 0 Å². The molecule has 0 spiro atoms. The van der Waals surface area contributed by atoms with Crippen molar-refractivity contribution in [3.63, 3.8) is 0 Å². The smallest absolute Gasteiger partial charge is 0.341 e. The Hall–Kier alpha value is -2.38. The van der Waals surface area contributed by atoms with Crippen LogP contribution in [0, 0.1) is 6.92 Å². The maximum absolute atomic E-state index is 12.1. The van der Waals surface area contributed by atoms with E-state index >= 15 is 0 Å². The number of aromatic nitrogens is 2. The van der Waals surface area contributed by atoms with Crippen molar-refractivity contribution in [2.24, 2.45) is 0 Å². The molecule has 1 aromatic carbocycles. The molecule has 0 saturated carbocycles. The summed E-state index contributed by atoms with van der Waals surface area (Å²) in [6.07, 6.45) is 0. The maximum Gasteiger partial charge on any atom is 0.341 e. The van der Waals surface area contributed by atoms with Crippen molar-refractivity contribution in [1.29, 1.82) is 0 Å². The van der Waals surface area contributed by atoms with E-state index in [1.807, 2.05) is 13.0 Å². The summed E-state index contributed by atoms with van der Waals surface area (Å²) < 4.78 is 5.06. The molecule has 0 aliphatic heterocycles. The zero-order chi connectivity index (χ0) is 17.7. The van der Waals surface area contributed by atoms with E-state index in [9.17, 15) is 15.0 Å². The van der Waals surface area contributed by atoms with Crippen molar-refractivity contribution in [1.82, 2.24) is 15.5 Å². The molecule has 0 radical (unpaired) electrons. The number of carbonyl (C=O) groups excluding carboxylic acids is 1. The molecule has 2 rings (SSSR count). The summed E-state index contributed by atoms with van der Waals surface area (Å²) >= 11 is 0. The summed E-state index contributed by atoms with van der Waals surface area (Å²) in [5.74, 6) is -0.305. The lowest BCUT2D eigenvalue weighted by Gasteiger charge is -2.29. The molecule has 130 valence electrons. The normalized spacial score (nSPS) is 13.5. The Kier molecular flexibility index (Phi) is 5.58. The van der Waals surface area contributed by atoms with Gasteiger partial charge in [0, 0.05) is 12.2 Å². The van der Waals surface area contributed by atoms with Crippen molar-refractivity contribution in [3.05, 3.63) is 46.8 Å². The zero-order valence-electron chi connectivity index (χ0n) is 14.1. The number of hydrogen-bond donors (Lipinski definition) is 4. The van der Waals surface area contributed by atoms with E-state index in [0.717, 1.165) is 5.56 Å². The fraction of sp³-hybridized carbons (Fsp3) is 0.412. The third-order valence-corrected chi connectivity index (χ3v) is 3.95. The van der Waals surface area contributed by atoms with Crippen LogP contribution in [0.5, 0.6) is 5.75 Å². The summed E-state index contributed by atoms with van der Waals surface area (Å²) in [6.45, 7) is 5.66. The van der Waals surface area contributed by atoms with Crippen LogP contribution in [0.25, 0.3) is 0 Å². The number of aryl methyl sites for hydroxylation is 1. The molecule has 7 heteroatoms. The number of H-pyrrole nitrogens is 1. The lowest BCUT2D eigenvalue weighted by molar-refractivity contribution is 0.0524. The van der Waals surface area contributed by atoms with E-state index in [1.165, 1.54) is 0 Å². The average molecular weight is 333 g/mol. The first-order valence-electron chi connectivity index (χ1n) is 7.77. The lowest BCUT2D eigenvalue weighted by atomic mass is 9.92. The van der Waals surface area contributed by atoms with E-state index in [2.05, 4.69) is 15.5 Å². The van der Waals surface area contributed by atoms with Gasteiger partial charge in [0.2, 0.25) is 0 Å². The number of aromatic amines is 1. The first-order valence-corrected chi connectivity index (χ1v) is 7.77. The van der Waals surface area contributed by atoms with E-state index < -0.39 is 11.5 Å². The number of phenols is 1. The van der Waals surface area contributed by atoms with Gasteiger partial charge in [-0.3, -0.25) is 10.4 Å². The topological polar surface area (TPSA) is 107 Å². The molecular formula is C17H23N3O4. The zero-order valence-corrected chi connectivity index (χ0v) is 14.1. The number of nitrogens with one attached hydrogen (secondary N) is 2. The molecule has 7 nitrogen and oxygen atoms in total. The Morgan fingerprint density at radius 1 is 1.46 bits per heavy atom. The number of rotatable bonds is 7. The highest BCUT2D eigenvalue weighted by Gasteiger charge is 2.27. The number of ether oxygens (including phenoxy) is 1. The Morgan fingerprint density at radius 2 is 2.21 bits per heavy atom. The van der Waals surface area contributed by atoms with Gasteiger partial charge in [-0.2, -0.15) is 5.10 Å². The molecule has 0 bridgehead atoms. The van der Waals surface area contributed by atoms with Gasteiger partial charge in [0.05, 0.1) is 24.4 Å². The van der Waals surface area contributed by atoms with Crippen LogP contribution in [0.4, 0.5) is 0 Å². The van der Waals surface area contributed by atoms with E-state index in [4.69, 9.17) is 4.74 Å². The number of nitrogens with zero attached hydrogens (tertiary/aromatic N) is 1. The maximum atomic E-state index is 12.1. The summed E-state index contributed by atoms with van der Waals surface area (Å²) in [6, 6.07) is 6.68. The molecule has 0 aliphatic rings. The predicted octanol–water partition coefficient (Wildman–Crippen LogP) is 1.60. The molecule has 0 fully saturated rings. The molecule has 1 unspecified atom stereocenters. The average Bonchev–Trinajstić information content (AvgIpc) is 2.93. The summed E-state index contributed by atoms with van der Waals surface area (Å²) in [7, 11) is 0. The van der Waals surface area contributed by atoms with Crippen molar-refractivity contribution >= 4 is 5.97 Å². The Labute approximate surface area is 140 Å². The van der Waals surface area contributed by atoms with Crippen LogP contribution in [0.3, 0.4) is 0 Å². The van der Waals surface area contributed by atoms with Crippen molar-refractivity contribution in [2.75, 3.05) is 13.2 Å². The first-order chi connectivity index (χ1) is 11.4. The second kappa shape index (κ2) is 7.46. The molecule has 0 amide bonds. The Morgan fingerprint density at radius 3 is 2.83 bits per heavy atom. The van der Waals surface area contributed by atoms with E-state index in [0.29, 0.717) is 17.0 Å². The van der Waals surface area contributed by atoms with Gasteiger partial charge in [-0.25, -0.2) is 4.79 Å². The van der Waals surface area contributed by atoms with Crippen molar-refractivity contribution in [3.8, 4) is 5.75 Å². The second-order valence-electron chi connectivity index (χ2n) is 5.78. The molecular weight excluding hydrogens is 310 g/mol. The van der Waals surface area contributed by atoms with Gasteiger partial charge >= 0.3 is 5.97 Å². The molecule has 1 aromatic heterocycles. The largest absolute Gasteiger partial charge is 0.508 e. The fourth-order valence-corrected chi connectivity index (χ4v) is 2.46. The highest BCUT2D eigenvalue weighted by molar-refractivity contribution is 5.91. The first kappa shape index (κ1) is 18.0. The minimum Gasteiger partial charge on any atom is -0.508 e. The van der Waals surface area contributed by atoms with Crippen LogP contribution < -0.4 is 5.32 Å². The molecule has 1 heterocycles. The summed E-state index contributed by atoms with van der Waals surface area (Å²) in [5.41, 5.74) is 1.49. The number of hydrogen-bond acceptors (Lipinski definition) is 6. The SMILES string of the molecule is CCOC(=O)c1c(CNC(C)(CO)c2cccc(O)c2)n[nH]c1C. The number of carbonyl (C=O) groups is 1. The number of aromatic hydroxyl groups is 1. The van der Waals surface area contributed by atoms with Crippen molar-refractivity contribution < 1.29 is 19.7 Å². The summed E-state index contributed by atoms with van der Waals surface area (Å²) in [4.78, 5) is 12.1. The minimum atomic E-state index is -0.794. The number of phenolic OH excluding ortho intramolecular Hbond substituents is 1. The molecule has 24 heavy (non-hydrogen) atoms. The molecule has 2 aromatic rings. The van der Waals surface area contributed by atoms with Crippen LogP contribution in [0.15, 0.2) is 24.3 Å². The van der Waals surface area contributed by atoms with Gasteiger partial charge in [-0.1, -0.05) is 12.1 Å². The quantitative estimate of drug-likeness (QED) is 0.573. The molecule has 0 saturated heterocycles. The number of benzene rings is 1. The van der Waals surface area contributed by atoms with Crippen molar-refractivity contribution in [2.45, 2.75) is 32.9 Å². The van der Waals surface area contributed by atoms with Gasteiger partial charge in [0.1, 0.15) is 11.3 Å². The molecule has 4 N–H and O–H groups in total. The summed E-state index contributed by atoms with van der Waals surface area (Å²) in [5, 5.41) is 29.6. The van der Waals surface area contributed by atoms with Crippen LogP contribution in [-0.2, 0) is 16.8 Å². The monoisotopic (exact) mass is 333 g/mol. The third kappa shape index (κ3) is 3.74. The molecule has 0 aliphatic carbocycles. The highest BCUT2D eigenvalue weighted by Crippen LogP contribution is 2.24. The van der Waals surface area contributed by atoms with E-state index in [1.54, 1.807) is 32.0 Å². The number of aliphatic hydroxyl groups excluding tert-OH is 1. The van der Waals surface area contributed by atoms with Crippen LogP contribution in [-0.4, -0.2) is 39.6 Å².